The maximum Gasteiger partial charge on any atom is 0.122 e. The molecule has 1 aromatic rings. The van der Waals surface area contributed by atoms with Gasteiger partial charge in [-0.3, -0.25) is 0 Å². The van der Waals surface area contributed by atoms with Gasteiger partial charge in [0.25, 0.3) is 0 Å². The summed E-state index contributed by atoms with van der Waals surface area (Å²) in [6, 6.07) is 8.52. The van der Waals surface area contributed by atoms with Gasteiger partial charge in [-0.2, -0.15) is 0 Å². The van der Waals surface area contributed by atoms with E-state index in [-0.39, 0.29) is 0 Å². The summed E-state index contributed by atoms with van der Waals surface area (Å²) in [4.78, 5) is 0. The van der Waals surface area contributed by atoms with Crippen LogP contribution in [0.1, 0.15) is 19.4 Å². The SMILES string of the molecule is CC#CCNC(C)Cc1ccccc1OC. The lowest BCUT2D eigenvalue weighted by atomic mass is 10.1. The average molecular weight is 217 g/mol. The summed E-state index contributed by atoms with van der Waals surface area (Å²) in [5.41, 5.74) is 1.23. The normalized spacial score (nSPS) is 11.4. The van der Waals surface area contributed by atoms with E-state index in [2.05, 4.69) is 30.1 Å². The van der Waals surface area contributed by atoms with Gasteiger partial charge >= 0.3 is 0 Å². The van der Waals surface area contributed by atoms with Gasteiger partial charge in [-0.05, 0) is 31.9 Å². The van der Waals surface area contributed by atoms with Gasteiger partial charge in [-0.25, -0.2) is 0 Å². The van der Waals surface area contributed by atoms with E-state index in [9.17, 15) is 0 Å². The molecule has 0 saturated heterocycles. The van der Waals surface area contributed by atoms with E-state index in [4.69, 9.17) is 4.74 Å². The summed E-state index contributed by atoms with van der Waals surface area (Å²) in [6.07, 6.45) is 0.954. The molecule has 1 atom stereocenters. The fraction of sp³-hybridized carbons (Fsp3) is 0.429. The number of para-hydroxylation sites is 1. The van der Waals surface area contributed by atoms with Gasteiger partial charge in [0.15, 0.2) is 0 Å². The Labute approximate surface area is 98.0 Å². The first-order chi connectivity index (χ1) is 7.77. The van der Waals surface area contributed by atoms with Crippen LogP contribution >= 0.6 is 0 Å². The highest BCUT2D eigenvalue weighted by molar-refractivity contribution is 5.33. The lowest BCUT2D eigenvalue weighted by molar-refractivity contribution is 0.406. The highest BCUT2D eigenvalue weighted by atomic mass is 16.5. The van der Waals surface area contributed by atoms with E-state index >= 15 is 0 Å². The van der Waals surface area contributed by atoms with Gasteiger partial charge < -0.3 is 10.1 Å². The Hall–Kier alpha value is -1.46. The monoisotopic (exact) mass is 217 g/mol. The van der Waals surface area contributed by atoms with Crippen LogP contribution in [-0.2, 0) is 6.42 Å². The average Bonchev–Trinajstić information content (AvgIpc) is 2.30. The Kier molecular flexibility index (Phi) is 5.45. The Morgan fingerprint density at radius 2 is 2.12 bits per heavy atom. The maximum absolute atomic E-state index is 5.32. The molecule has 1 aromatic carbocycles. The first kappa shape index (κ1) is 12.6. The first-order valence-corrected chi connectivity index (χ1v) is 5.52. The minimum Gasteiger partial charge on any atom is -0.496 e. The molecule has 0 saturated carbocycles. The summed E-state index contributed by atoms with van der Waals surface area (Å²) in [5, 5.41) is 3.35. The number of nitrogens with one attached hydrogen (secondary N) is 1. The van der Waals surface area contributed by atoms with Crippen molar-refractivity contribution in [3.05, 3.63) is 29.8 Å². The Balaban J connectivity index is 2.53. The van der Waals surface area contributed by atoms with Crippen molar-refractivity contribution in [1.82, 2.24) is 5.32 Å². The number of hydrogen-bond donors (Lipinski definition) is 1. The van der Waals surface area contributed by atoms with E-state index < -0.39 is 0 Å². The smallest absolute Gasteiger partial charge is 0.122 e. The van der Waals surface area contributed by atoms with Gasteiger partial charge in [-0.1, -0.05) is 24.1 Å². The molecule has 0 radical (unpaired) electrons. The molecular formula is C14H19NO. The summed E-state index contributed by atoms with van der Waals surface area (Å²) < 4.78 is 5.32. The number of ether oxygens (including phenoxy) is 1. The molecule has 2 heteroatoms. The van der Waals surface area contributed by atoms with Crippen LogP contribution < -0.4 is 10.1 Å². The van der Waals surface area contributed by atoms with E-state index in [0.29, 0.717) is 6.04 Å². The summed E-state index contributed by atoms with van der Waals surface area (Å²) in [7, 11) is 1.71. The second-order valence-corrected chi connectivity index (χ2v) is 3.72. The number of benzene rings is 1. The lowest BCUT2D eigenvalue weighted by Gasteiger charge is -2.14. The quantitative estimate of drug-likeness (QED) is 0.764. The minimum absolute atomic E-state index is 0.400. The third kappa shape index (κ3) is 3.96. The summed E-state index contributed by atoms with van der Waals surface area (Å²) in [5.74, 6) is 6.83. The Morgan fingerprint density at radius 1 is 1.38 bits per heavy atom. The number of methoxy groups -OCH3 is 1. The van der Waals surface area contributed by atoms with Crippen LogP contribution in [0.15, 0.2) is 24.3 Å². The van der Waals surface area contributed by atoms with E-state index in [0.717, 1.165) is 18.7 Å². The standard InChI is InChI=1S/C14H19NO/c1-4-5-10-15-12(2)11-13-8-6-7-9-14(13)16-3/h6-9,12,15H,10-11H2,1-3H3. The molecule has 0 heterocycles. The Bertz CT molecular complexity index is 376. The van der Waals surface area contributed by atoms with Gasteiger partial charge in [0.05, 0.1) is 13.7 Å². The second kappa shape index (κ2) is 6.92. The van der Waals surface area contributed by atoms with Crippen molar-refractivity contribution in [2.75, 3.05) is 13.7 Å². The van der Waals surface area contributed by atoms with E-state index in [1.54, 1.807) is 7.11 Å². The highest BCUT2D eigenvalue weighted by Gasteiger charge is 2.06. The lowest BCUT2D eigenvalue weighted by Crippen LogP contribution is -2.28. The van der Waals surface area contributed by atoms with Crippen molar-refractivity contribution in [2.45, 2.75) is 26.3 Å². The fourth-order valence-corrected chi connectivity index (χ4v) is 1.59. The number of hydrogen-bond acceptors (Lipinski definition) is 2. The van der Waals surface area contributed by atoms with Crippen molar-refractivity contribution >= 4 is 0 Å². The second-order valence-electron chi connectivity index (χ2n) is 3.72. The van der Waals surface area contributed by atoms with Crippen molar-refractivity contribution in [2.24, 2.45) is 0 Å². The molecule has 0 aromatic heterocycles. The van der Waals surface area contributed by atoms with Crippen LogP contribution in [0.3, 0.4) is 0 Å². The molecule has 86 valence electrons. The molecule has 1 unspecified atom stereocenters. The van der Waals surface area contributed by atoms with Crippen molar-refractivity contribution in [3.8, 4) is 17.6 Å². The van der Waals surface area contributed by atoms with Gasteiger partial charge in [0.2, 0.25) is 0 Å². The minimum atomic E-state index is 0.400. The van der Waals surface area contributed by atoms with Crippen molar-refractivity contribution < 1.29 is 4.74 Å². The highest BCUT2D eigenvalue weighted by Crippen LogP contribution is 2.18. The van der Waals surface area contributed by atoms with Crippen molar-refractivity contribution in [3.63, 3.8) is 0 Å². The molecule has 0 bridgehead atoms. The summed E-state index contributed by atoms with van der Waals surface area (Å²) in [6.45, 7) is 4.75. The van der Waals surface area contributed by atoms with Gasteiger partial charge in [-0.15, -0.1) is 5.92 Å². The third-order valence-electron chi connectivity index (χ3n) is 2.43. The molecule has 0 fully saturated rings. The molecule has 2 nitrogen and oxygen atoms in total. The molecular weight excluding hydrogens is 198 g/mol. The predicted octanol–water partition coefficient (Wildman–Crippen LogP) is 2.24. The van der Waals surface area contributed by atoms with Gasteiger partial charge in [0, 0.05) is 6.04 Å². The van der Waals surface area contributed by atoms with Gasteiger partial charge in [0.1, 0.15) is 5.75 Å². The van der Waals surface area contributed by atoms with E-state index in [1.807, 2.05) is 25.1 Å². The van der Waals surface area contributed by atoms with Crippen LogP contribution in [0.2, 0.25) is 0 Å². The molecule has 0 aliphatic rings. The summed E-state index contributed by atoms with van der Waals surface area (Å²) >= 11 is 0. The molecule has 0 aliphatic carbocycles. The maximum atomic E-state index is 5.32. The van der Waals surface area contributed by atoms with E-state index in [1.165, 1.54) is 5.56 Å². The van der Waals surface area contributed by atoms with Crippen molar-refractivity contribution in [1.29, 1.82) is 0 Å². The van der Waals surface area contributed by atoms with Crippen LogP contribution in [0.5, 0.6) is 5.75 Å². The largest absolute Gasteiger partial charge is 0.496 e. The number of rotatable bonds is 5. The van der Waals surface area contributed by atoms with Crippen LogP contribution in [0, 0.1) is 11.8 Å². The zero-order valence-electron chi connectivity index (χ0n) is 10.2. The third-order valence-corrected chi connectivity index (χ3v) is 2.43. The zero-order chi connectivity index (χ0) is 11.8. The molecule has 16 heavy (non-hydrogen) atoms. The van der Waals surface area contributed by atoms with Crippen LogP contribution in [0.25, 0.3) is 0 Å². The van der Waals surface area contributed by atoms with Crippen LogP contribution in [-0.4, -0.2) is 19.7 Å². The molecule has 0 spiro atoms. The molecule has 1 rings (SSSR count). The topological polar surface area (TPSA) is 21.3 Å². The zero-order valence-corrected chi connectivity index (χ0v) is 10.2. The predicted molar refractivity (Wildman–Crippen MR) is 67.6 cm³/mol. The molecule has 0 aliphatic heterocycles. The molecule has 1 N–H and O–H groups in total. The molecule has 0 amide bonds. The first-order valence-electron chi connectivity index (χ1n) is 5.52. The fourth-order valence-electron chi connectivity index (χ4n) is 1.59. The Morgan fingerprint density at radius 3 is 2.81 bits per heavy atom. The van der Waals surface area contributed by atoms with Crippen LogP contribution in [0.4, 0.5) is 0 Å².